The maximum atomic E-state index is 13.3. The van der Waals surface area contributed by atoms with E-state index in [1.165, 1.54) is 11.8 Å². The summed E-state index contributed by atoms with van der Waals surface area (Å²) in [7, 11) is 3.36. The Hall–Kier alpha value is -3.42. The molecule has 2 aliphatic rings. The van der Waals surface area contributed by atoms with Crippen LogP contribution in [0.5, 0.6) is 5.75 Å². The Balaban J connectivity index is 1.32. The van der Waals surface area contributed by atoms with Crippen molar-refractivity contribution in [2.24, 2.45) is 0 Å². The normalized spacial score (nSPS) is 16.8. The molecule has 3 aromatic carbocycles. The number of carbonyl (C=O) groups is 2. The van der Waals surface area contributed by atoms with Gasteiger partial charge in [-0.25, -0.2) is 0 Å². The smallest absolute Gasteiger partial charge is 0.264 e. The number of nitrogens with zero attached hydrogens (tertiary/aromatic N) is 3. The minimum Gasteiger partial charge on any atom is -0.496 e. The highest BCUT2D eigenvalue weighted by atomic mass is 35.5. The number of hydrogen-bond acceptors (Lipinski definition) is 5. The predicted molar refractivity (Wildman–Crippen MR) is 146 cm³/mol. The lowest BCUT2D eigenvalue weighted by Crippen LogP contribution is -2.48. The molecule has 0 aromatic heterocycles. The third-order valence-corrected chi connectivity index (χ3v) is 7.78. The first-order valence-corrected chi connectivity index (χ1v) is 12.9. The molecule has 0 bridgehead atoms. The van der Waals surface area contributed by atoms with Gasteiger partial charge in [0.05, 0.1) is 17.7 Å². The fraction of sp³-hybridized carbons (Fsp3) is 0.214. The minimum atomic E-state index is -0.113. The number of fused-ring (bicyclic) bond motifs is 1. The Bertz CT molecular complexity index is 1350. The van der Waals surface area contributed by atoms with Crippen LogP contribution in [-0.2, 0) is 4.79 Å². The van der Waals surface area contributed by atoms with Crippen LogP contribution in [0.2, 0.25) is 5.02 Å². The molecule has 36 heavy (non-hydrogen) atoms. The minimum absolute atomic E-state index is 0.0234. The third kappa shape index (κ3) is 4.81. The van der Waals surface area contributed by atoms with E-state index in [1.54, 1.807) is 19.1 Å². The molecular weight excluding hydrogens is 494 g/mol. The summed E-state index contributed by atoms with van der Waals surface area (Å²) in [6.45, 7) is 2.72. The number of para-hydroxylation sites is 1. The van der Waals surface area contributed by atoms with Crippen molar-refractivity contribution in [1.82, 2.24) is 4.90 Å². The van der Waals surface area contributed by atoms with Crippen LogP contribution in [0.25, 0.3) is 6.08 Å². The van der Waals surface area contributed by atoms with Gasteiger partial charge in [-0.15, -0.1) is 0 Å². The van der Waals surface area contributed by atoms with Gasteiger partial charge in [0.15, 0.2) is 0 Å². The highest BCUT2D eigenvalue weighted by molar-refractivity contribution is 8.04. The van der Waals surface area contributed by atoms with Crippen molar-refractivity contribution in [2.75, 3.05) is 50.1 Å². The molecule has 8 heteroatoms. The molecule has 3 aromatic rings. The SMILES string of the molecule is COc1ccccc1/C=C1\Sc2ccc(C(=O)N3CCN(c4cccc(Cl)c4)CC3)cc2N(C)C1=O. The topological polar surface area (TPSA) is 53.1 Å². The van der Waals surface area contributed by atoms with Crippen molar-refractivity contribution < 1.29 is 14.3 Å². The Morgan fingerprint density at radius 1 is 1.00 bits per heavy atom. The van der Waals surface area contributed by atoms with E-state index >= 15 is 0 Å². The highest BCUT2D eigenvalue weighted by Gasteiger charge is 2.29. The summed E-state index contributed by atoms with van der Waals surface area (Å²) in [5.41, 5.74) is 3.24. The number of likely N-dealkylation sites (N-methyl/N-ethyl adjacent to an activating group) is 1. The second kappa shape index (κ2) is 10.3. The first-order chi connectivity index (χ1) is 17.4. The highest BCUT2D eigenvalue weighted by Crippen LogP contribution is 2.42. The van der Waals surface area contributed by atoms with Crippen LogP contribution >= 0.6 is 23.4 Å². The van der Waals surface area contributed by atoms with Crippen molar-refractivity contribution in [2.45, 2.75) is 4.90 Å². The van der Waals surface area contributed by atoms with Gasteiger partial charge in [-0.05, 0) is 48.5 Å². The van der Waals surface area contributed by atoms with E-state index in [4.69, 9.17) is 16.3 Å². The molecule has 5 rings (SSSR count). The lowest BCUT2D eigenvalue weighted by molar-refractivity contribution is -0.114. The largest absolute Gasteiger partial charge is 0.496 e. The number of carbonyl (C=O) groups excluding carboxylic acids is 2. The lowest BCUT2D eigenvalue weighted by Gasteiger charge is -2.36. The van der Waals surface area contributed by atoms with Gasteiger partial charge in [-0.2, -0.15) is 0 Å². The molecule has 0 atom stereocenters. The summed E-state index contributed by atoms with van der Waals surface area (Å²) in [5.74, 6) is 0.575. The molecule has 0 aliphatic carbocycles. The Kier molecular flexibility index (Phi) is 6.94. The van der Waals surface area contributed by atoms with Crippen LogP contribution in [0.4, 0.5) is 11.4 Å². The van der Waals surface area contributed by atoms with E-state index in [2.05, 4.69) is 4.90 Å². The first kappa shape index (κ1) is 24.3. The molecule has 0 radical (unpaired) electrons. The third-order valence-electron chi connectivity index (χ3n) is 6.47. The van der Waals surface area contributed by atoms with Crippen molar-refractivity contribution in [3.05, 3.63) is 87.8 Å². The van der Waals surface area contributed by atoms with E-state index in [1.807, 2.05) is 77.7 Å². The van der Waals surface area contributed by atoms with Crippen molar-refractivity contribution in [3.63, 3.8) is 0 Å². The van der Waals surface area contributed by atoms with Gasteiger partial charge in [-0.3, -0.25) is 9.59 Å². The van der Waals surface area contributed by atoms with E-state index < -0.39 is 0 Å². The number of methoxy groups -OCH3 is 1. The Morgan fingerprint density at radius 2 is 1.78 bits per heavy atom. The Morgan fingerprint density at radius 3 is 2.53 bits per heavy atom. The van der Waals surface area contributed by atoms with Crippen LogP contribution in [-0.4, -0.2) is 57.1 Å². The summed E-state index contributed by atoms with van der Waals surface area (Å²) in [5, 5.41) is 0.706. The number of ether oxygens (including phenoxy) is 1. The molecule has 1 fully saturated rings. The molecule has 2 aliphatic heterocycles. The molecule has 184 valence electrons. The van der Waals surface area contributed by atoms with Crippen molar-refractivity contribution in [1.29, 1.82) is 0 Å². The van der Waals surface area contributed by atoms with Gasteiger partial charge in [0.25, 0.3) is 11.8 Å². The summed E-state index contributed by atoms with van der Waals surface area (Å²) in [4.78, 5) is 33.7. The number of thioether (sulfide) groups is 1. The van der Waals surface area contributed by atoms with Gasteiger partial charge in [0, 0.05) is 60.0 Å². The van der Waals surface area contributed by atoms with Gasteiger partial charge in [0.2, 0.25) is 0 Å². The molecule has 0 N–H and O–H groups in total. The number of hydrogen-bond donors (Lipinski definition) is 0. The number of anilines is 2. The number of piperazine rings is 1. The average molecular weight is 520 g/mol. The monoisotopic (exact) mass is 519 g/mol. The van der Waals surface area contributed by atoms with Crippen molar-refractivity contribution in [3.8, 4) is 5.75 Å². The summed E-state index contributed by atoms with van der Waals surface area (Å²) in [6.07, 6.45) is 1.85. The molecule has 0 unspecified atom stereocenters. The molecule has 2 heterocycles. The fourth-order valence-corrected chi connectivity index (χ4v) is 5.74. The van der Waals surface area contributed by atoms with Crippen LogP contribution in [0.15, 0.2) is 76.5 Å². The maximum Gasteiger partial charge on any atom is 0.264 e. The zero-order valence-corrected chi connectivity index (χ0v) is 21.7. The van der Waals surface area contributed by atoms with Crippen LogP contribution in [0.1, 0.15) is 15.9 Å². The van der Waals surface area contributed by atoms with E-state index in [9.17, 15) is 9.59 Å². The molecular formula is C28H26ClN3O3S. The number of benzene rings is 3. The fourth-order valence-electron chi connectivity index (χ4n) is 4.48. The molecule has 6 nitrogen and oxygen atoms in total. The maximum absolute atomic E-state index is 13.3. The van der Waals surface area contributed by atoms with Gasteiger partial charge in [-0.1, -0.05) is 47.6 Å². The zero-order valence-electron chi connectivity index (χ0n) is 20.1. The number of halogens is 1. The molecule has 1 saturated heterocycles. The average Bonchev–Trinajstić information content (AvgIpc) is 2.91. The number of amides is 2. The van der Waals surface area contributed by atoms with Crippen LogP contribution < -0.4 is 14.5 Å². The Labute approximate surface area is 220 Å². The van der Waals surface area contributed by atoms with Gasteiger partial charge >= 0.3 is 0 Å². The molecule has 0 spiro atoms. The summed E-state index contributed by atoms with van der Waals surface area (Å²) in [6, 6.07) is 21.0. The second-order valence-electron chi connectivity index (χ2n) is 8.66. The molecule has 2 amide bonds. The first-order valence-electron chi connectivity index (χ1n) is 11.7. The quantitative estimate of drug-likeness (QED) is 0.431. The summed E-state index contributed by atoms with van der Waals surface area (Å²) < 4.78 is 5.43. The molecule has 0 saturated carbocycles. The number of rotatable bonds is 4. The van der Waals surface area contributed by atoms with Gasteiger partial charge in [0.1, 0.15) is 5.75 Å². The van der Waals surface area contributed by atoms with Crippen LogP contribution in [0.3, 0.4) is 0 Å². The van der Waals surface area contributed by atoms with E-state index in [-0.39, 0.29) is 11.8 Å². The summed E-state index contributed by atoms with van der Waals surface area (Å²) >= 11 is 7.55. The lowest BCUT2D eigenvalue weighted by atomic mass is 10.1. The second-order valence-corrected chi connectivity index (χ2v) is 10.2. The zero-order chi connectivity index (χ0) is 25.2. The van der Waals surface area contributed by atoms with Gasteiger partial charge < -0.3 is 19.4 Å². The predicted octanol–water partition coefficient (Wildman–Crippen LogP) is 5.42. The van der Waals surface area contributed by atoms with E-state index in [0.29, 0.717) is 34.3 Å². The van der Waals surface area contributed by atoms with Crippen LogP contribution in [0, 0.1) is 0 Å². The van der Waals surface area contributed by atoms with Crippen molar-refractivity contribution >= 4 is 52.6 Å². The standard InChI is InChI=1S/C28H26ClN3O3S/c1-30-23-16-20(27(33)32-14-12-31(13-15-32)22-8-5-7-21(29)18-22)10-11-25(23)36-26(28(30)34)17-19-6-3-4-9-24(19)35-2/h3-11,16-18H,12-15H2,1-2H3/b26-17-. The van der Waals surface area contributed by atoms with E-state index in [0.717, 1.165) is 34.9 Å².